The highest BCUT2D eigenvalue weighted by molar-refractivity contribution is 7.73. The van der Waals surface area contributed by atoms with Crippen LogP contribution in [-0.2, 0) is 6.54 Å². The molecule has 0 spiro atoms. The predicted octanol–water partition coefficient (Wildman–Crippen LogP) is 4.15. The van der Waals surface area contributed by atoms with Crippen molar-refractivity contribution in [1.82, 2.24) is 4.57 Å². The number of carbonyl (C=O) groups excluding carboxylic acids is 1. The summed E-state index contributed by atoms with van der Waals surface area (Å²) in [6, 6.07) is 13.4. The van der Waals surface area contributed by atoms with E-state index in [1.165, 1.54) is 17.6 Å². The first-order chi connectivity index (χ1) is 9.74. The molecule has 0 saturated heterocycles. The zero-order valence-corrected chi connectivity index (χ0v) is 12.1. The van der Waals surface area contributed by atoms with Gasteiger partial charge >= 0.3 is 0 Å². The quantitative estimate of drug-likeness (QED) is 0.536. The topological polar surface area (TPSA) is 35.1 Å². The van der Waals surface area contributed by atoms with Crippen LogP contribution < -0.4 is 0 Å². The minimum Gasteiger partial charge on any atom is -0.461 e. The number of furan rings is 1. The number of nitrogens with zero attached hydrogens (tertiary/aromatic N) is 1. The van der Waals surface area contributed by atoms with Gasteiger partial charge in [-0.1, -0.05) is 30.3 Å². The fourth-order valence-electron chi connectivity index (χ4n) is 1.90. The maximum atomic E-state index is 12.2. The highest BCUT2D eigenvalue weighted by Crippen LogP contribution is 2.18. The molecule has 1 aromatic carbocycles. The van der Waals surface area contributed by atoms with E-state index >= 15 is 0 Å². The summed E-state index contributed by atoms with van der Waals surface area (Å²) in [6.07, 6.45) is 3.29. The molecule has 0 fully saturated rings. The van der Waals surface area contributed by atoms with Gasteiger partial charge in [0.25, 0.3) is 0 Å². The van der Waals surface area contributed by atoms with Gasteiger partial charge in [-0.25, -0.2) is 0 Å². The Labute approximate surface area is 125 Å². The summed E-state index contributed by atoms with van der Waals surface area (Å²) in [4.78, 5) is 12.8. The fourth-order valence-corrected chi connectivity index (χ4v) is 3.08. The Morgan fingerprint density at radius 1 is 1.20 bits per heavy atom. The van der Waals surface area contributed by atoms with E-state index < -0.39 is 0 Å². The van der Waals surface area contributed by atoms with Crippen LogP contribution in [0.4, 0.5) is 0 Å². The first-order valence-electron chi connectivity index (χ1n) is 6.06. The summed E-state index contributed by atoms with van der Waals surface area (Å²) < 4.78 is 7.72. The molecule has 0 unspecified atom stereocenters. The Balaban J connectivity index is 1.88. The predicted molar refractivity (Wildman–Crippen MR) is 80.8 cm³/mol. The van der Waals surface area contributed by atoms with Crippen molar-refractivity contribution < 1.29 is 9.21 Å². The van der Waals surface area contributed by atoms with Crippen LogP contribution in [0, 0.1) is 3.95 Å². The van der Waals surface area contributed by atoms with E-state index in [9.17, 15) is 4.79 Å². The van der Waals surface area contributed by atoms with Gasteiger partial charge in [0, 0.05) is 12.7 Å². The minimum absolute atomic E-state index is 0.127. The highest BCUT2D eigenvalue weighted by atomic mass is 32.1. The average Bonchev–Trinajstić information content (AvgIpc) is 3.10. The van der Waals surface area contributed by atoms with Crippen LogP contribution in [-0.4, -0.2) is 10.4 Å². The van der Waals surface area contributed by atoms with E-state index in [1.54, 1.807) is 18.3 Å². The van der Waals surface area contributed by atoms with Crippen LogP contribution in [0.1, 0.15) is 21.0 Å². The number of aromatic nitrogens is 1. The molecule has 3 nitrogen and oxygen atoms in total. The van der Waals surface area contributed by atoms with Crippen LogP contribution in [0.2, 0.25) is 0 Å². The van der Waals surface area contributed by atoms with Gasteiger partial charge < -0.3 is 8.98 Å². The van der Waals surface area contributed by atoms with Crippen molar-refractivity contribution in [1.29, 1.82) is 0 Å². The molecule has 0 amide bonds. The number of ketones is 1. The average molecular weight is 301 g/mol. The molecule has 0 saturated carbocycles. The van der Waals surface area contributed by atoms with Crippen LogP contribution >= 0.6 is 23.6 Å². The minimum atomic E-state index is -0.127. The zero-order chi connectivity index (χ0) is 13.9. The third kappa shape index (κ3) is 2.64. The van der Waals surface area contributed by atoms with Gasteiger partial charge in [0.2, 0.25) is 5.78 Å². The molecular formula is C15H11NO2S2. The van der Waals surface area contributed by atoms with E-state index in [2.05, 4.69) is 0 Å². The molecule has 20 heavy (non-hydrogen) atoms. The van der Waals surface area contributed by atoms with E-state index in [0.29, 0.717) is 21.1 Å². The second kappa shape index (κ2) is 5.56. The van der Waals surface area contributed by atoms with Gasteiger partial charge in [-0.05, 0) is 29.9 Å². The normalized spacial score (nSPS) is 10.6. The summed E-state index contributed by atoms with van der Waals surface area (Å²) in [5.41, 5.74) is 1.15. The molecule has 2 heterocycles. The zero-order valence-electron chi connectivity index (χ0n) is 10.5. The molecule has 0 aliphatic carbocycles. The van der Waals surface area contributed by atoms with Crippen LogP contribution in [0.15, 0.2) is 59.3 Å². The van der Waals surface area contributed by atoms with Crippen LogP contribution in [0.3, 0.4) is 0 Å². The number of hydrogen-bond donors (Lipinski definition) is 0. The van der Waals surface area contributed by atoms with Crippen molar-refractivity contribution in [3.63, 3.8) is 0 Å². The molecule has 0 radical (unpaired) electrons. The van der Waals surface area contributed by atoms with Crippen molar-refractivity contribution in [2.75, 3.05) is 0 Å². The SMILES string of the molecule is O=C(c1ccco1)c1cn(Cc2ccccc2)c(=S)s1. The summed E-state index contributed by atoms with van der Waals surface area (Å²) >= 11 is 6.63. The van der Waals surface area contributed by atoms with Crippen molar-refractivity contribution in [2.24, 2.45) is 0 Å². The van der Waals surface area contributed by atoms with E-state index in [0.717, 1.165) is 5.56 Å². The number of thiazole rings is 1. The van der Waals surface area contributed by atoms with Gasteiger partial charge in [0.15, 0.2) is 9.71 Å². The summed E-state index contributed by atoms with van der Waals surface area (Å²) in [7, 11) is 0. The summed E-state index contributed by atoms with van der Waals surface area (Å²) in [5.74, 6) is 0.214. The third-order valence-electron chi connectivity index (χ3n) is 2.87. The molecule has 3 rings (SSSR count). The van der Waals surface area contributed by atoms with Crippen molar-refractivity contribution >= 4 is 29.3 Å². The van der Waals surface area contributed by atoms with Gasteiger partial charge in [-0.15, -0.1) is 11.3 Å². The molecule has 0 N–H and O–H groups in total. The molecular weight excluding hydrogens is 290 g/mol. The molecule has 0 aliphatic rings. The van der Waals surface area contributed by atoms with Crippen molar-refractivity contribution in [3.8, 4) is 0 Å². The van der Waals surface area contributed by atoms with Crippen LogP contribution in [0.25, 0.3) is 0 Å². The lowest BCUT2D eigenvalue weighted by Gasteiger charge is -2.01. The largest absolute Gasteiger partial charge is 0.461 e. The van der Waals surface area contributed by atoms with Crippen molar-refractivity contribution in [3.05, 3.63) is 75.1 Å². The summed E-state index contributed by atoms with van der Waals surface area (Å²) in [6.45, 7) is 0.668. The molecule has 0 bridgehead atoms. The highest BCUT2D eigenvalue weighted by Gasteiger charge is 2.15. The Morgan fingerprint density at radius 3 is 2.70 bits per heavy atom. The molecule has 3 aromatic rings. The maximum Gasteiger partial charge on any atom is 0.239 e. The van der Waals surface area contributed by atoms with E-state index in [4.69, 9.17) is 16.6 Å². The lowest BCUT2D eigenvalue weighted by molar-refractivity contribution is 0.101. The number of hydrogen-bond acceptors (Lipinski definition) is 4. The standard InChI is InChI=1S/C15H11NO2S2/c17-14(12-7-4-8-18-12)13-10-16(15(19)20-13)9-11-5-2-1-3-6-11/h1-8,10H,9H2. The Kier molecular flexibility index (Phi) is 3.62. The lowest BCUT2D eigenvalue weighted by atomic mass is 10.2. The van der Waals surface area contributed by atoms with Crippen molar-refractivity contribution in [2.45, 2.75) is 6.54 Å². The summed E-state index contributed by atoms with van der Waals surface area (Å²) in [5, 5.41) is 0. The molecule has 100 valence electrons. The van der Waals surface area contributed by atoms with Gasteiger partial charge in [-0.3, -0.25) is 4.79 Å². The first kappa shape index (κ1) is 13.0. The monoisotopic (exact) mass is 301 g/mol. The molecule has 5 heteroatoms. The number of carbonyl (C=O) groups is 1. The van der Waals surface area contributed by atoms with Gasteiger partial charge in [0.1, 0.15) is 0 Å². The second-order valence-electron chi connectivity index (χ2n) is 4.28. The third-order valence-corrected chi connectivity index (χ3v) is 4.27. The Bertz CT molecular complexity index is 770. The molecule has 0 atom stereocenters. The Hall–Kier alpha value is -1.98. The number of rotatable bonds is 4. The second-order valence-corrected chi connectivity index (χ2v) is 5.96. The van der Waals surface area contributed by atoms with E-state index in [1.807, 2.05) is 34.9 Å². The fraction of sp³-hybridized carbons (Fsp3) is 0.0667. The van der Waals surface area contributed by atoms with Crippen LogP contribution in [0.5, 0.6) is 0 Å². The lowest BCUT2D eigenvalue weighted by Crippen LogP contribution is -2.00. The molecule has 0 aliphatic heterocycles. The molecule has 2 aromatic heterocycles. The first-order valence-corrected chi connectivity index (χ1v) is 7.29. The van der Waals surface area contributed by atoms with E-state index in [-0.39, 0.29) is 5.78 Å². The van der Waals surface area contributed by atoms with Gasteiger partial charge in [-0.2, -0.15) is 0 Å². The smallest absolute Gasteiger partial charge is 0.239 e. The number of benzene rings is 1. The Morgan fingerprint density at radius 2 is 2.00 bits per heavy atom. The maximum absolute atomic E-state index is 12.2. The van der Waals surface area contributed by atoms with Gasteiger partial charge in [0.05, 0.1) is 11.1 Å².